The Labute approximate surface area is 147 Å². The molecule has 1 aliphatic heterocycles. The topological polar surface area (TPSA) is 108 Å². The van der Waals surface area contributed by atoms with E-state index in [1.54, 1.807) is 12.1 Å². The molecule has 140 valence electrons. The van der Waals surface area contributed by atoms with E-state index in [1.807, 2.05) is 12.1 Å². The van der Waals surface area contributed by atoms with Crippen LogP contribution in [0.2, 0.25) is 0 Å². The predicted molar refractivity (Wildman–Crippen MR) is 91.1 cm³/mol. The van der Waals surface area contributed by atoms with E-state index in [0.29, 0.717) is 5.75 Å². The lowest BCUT2D eigenvalue weighted by Crippen LogP contribution is -2.65. The van der Waals surface area contributed by atoms with Crippen molar-refractivity contribution in [2.24, 2.45) is 0 Å². The van der Waals surface area contributed by atoms with Gasteiger partial charge in [-0.3, -0.25) is 4.79 Å². The van der Waals surface area contributed by atoms with Crippen LogP contribution >= 0.6 is 0 Å². The Kier molecular flexibility index (Phi) is 6.05. The Morgan fingerprint density at radius 3 is 2.28 bits per heavy atom. The molecule has 0 aliphatic carbocycles. The zero-order valence-corrected chi connectivity index (χ0v) is 15.0. The van der Waals surface area contributed by atoms with Gasteiger partial charge in [-0.15, -0.1) is 0 Å². The van der Waals surface area contributed by atoms with Crippen molar-refractivity contribution in [3.63, 3.8) is 0 Å². The molecular formula is C18H27NO6. The van der Waals surface area contributed by atoms with E-state index < -0.39 is 37.3 Å². The lowest BCUT2D eigenvalue weighted by molar-refractivity contribution is -0.244. The molecule has 0 aromatic heterocycles. The molecule has 1 aliphatic rings. The number of ether oxygens (including phenoxy) is 2. The number of carbonyl (C=O) groups excluding carboxylic acids is 1. The van der Waals surface area contributed by atoms with Gasteiger partial charge < -0.3 is 30.1 Å². The highest BCUT2D eigenvalue weighted by molar-refractivity contribution is 5.73. The minimum atomic E-state index is -1.33. The summed E-state index contributed by atoms with van der Waals surface area (Å²) in [4.78, 5) is 11.4. The second-order valence-corrected chi connectivity index (χ2v) is 7.33. The first-order valence-electron chi connectivity index (χ1n) is 8.30. The maximum absolute atomic E-state index is 11.4. The average Bonchev–Trinajstić information content (AvgIpc) is 2.53. The quantitative estimate of drug-likeness (QED) is 0.620. The number of benzene rings is 1. The van der Waals surface area contributed by atoms with Gasteiger partial charge in [0.1, 0.15) is 30.1 Å². The predicted octanol–water partition coefficient (Wildman–Crippen LogP) is 0.307. The van der Waals surface area contributed by atoms with Crippen molar-refractivity contribution in [2.75, 3.05) is 6.61 Å². The minimum Gasteiger partial charge on any atom is -0.463 e. The van der Waals surface area contributed by atoms with Crippen LogP contribution in [0.15, 0.2) is 24.3 Å². The Morgan fingerprint density at radius 1 is 1.20 bits per heavy atom. The summed E-state index contributed by atoms with van der Waals surface area (Å²) in [6.45, 7) is 7.12. The van der Waals surface area contributed by atoms with E-state index in [9.17, 15) is 20.1 Å². The van der Waals surface area contributed by atoms with Crippen LogP contribution in [0.5, 0.6) is 5.75 Å². The zero-order valence-electron chi connectivity index (χ0n) is 15.0. The van der Waals surface area contributed by atoms with Crippen molar-refractivity contribution in [3.05, 3.63) is 29.8 Å². The summed E-state index contributed by atoms with van der Waals surface area (Å²) in [6.07, 6.45) is -4.70. The normalized spacial score (nSPS) is 30.0. The first kappa shape index (κ1) is 19.7. The van der Waals surface area contributed by atoms with Crippen LogP contribution in [0.4, 0.5) is 0 Å². The molecule has 1 saturated heterocycles. The molecule has 7 nitrogen and oxygen atoms in total. The largest absolute Gasteiger partial charge is 0.463 e. The molecule has 1 aromatic carbocycles. The third kappa shape index (κ3) is 4.70. The van der Waals surface area contributed by atoms with Gasteiger partial charge in [0, 0.05) is 6.92 Å². The monoisotopic (exact) mass is 353 g/mol. The molecule has 4 N–H and O–H groups in total. The van der Waals surface area contributed by atoms with Crippen LogP contribution in [0.1, 0.15) is 33.3 Å². The SMILES string of the molecule is CC(=O)N[C@@H]1[C@H](Oc2ccc(C(C)(C)C)cc2)O[C@H](CO)[C@H](O)[C@@H]1O. The Balaban J connectivity index is 2.19. The first-order valence-corrected chi connectivity index (χ1v) is 8.30. The molecule has 1 fully saturated rings. The molecule has 7 heteroatoms. The fraction of sp³-hybridized carbons (Fsp3) is 0.611. The highest BCUT2D eigenvalue weighted by atomic mass is 16.7. The van der Waals surface area contributed by atoms with Crippen molar-refractivity contribution in [1.82, 2.24) is 5.32 Å². The van der Waals surface area contributed by atoms with Crippen molar-refractivity contribution < 1.29 is 29.6 Å². The van der Waals surface area contributed by atoms with Crippen LogP contribution < -0.4 is 10.1 Å². The number of aliphatic hydroxyl groups excluding tert-OH is 3. The second kappa shape index (κ2) is 7.70. The van der Waals surface area contributed by atoms with E-state index in [-0.39, 0.29) is 11.3 Å². The fourth-order valence-corrected chi connectivity index (χ4v) is 2.74. The average molecular weight is 353 g/mol. The molecule has 0 spiro atoms. The Hall–Kier alpha value is -1.67. The Morgan fingerprint density at radius 2 is 1.80 bits per heavy atom. The van der Waals surface area contributed by atoms with Crippen molar-refractivity contribution in [3.8, 4) is 5.75 Å². The summed E-state index contributed by atoms with van der Waals surface area (Å²) in [5, 5.41) is 32.1. The van der Waals surface area contributed by atoms with Crippen LogP contribution in [-0.2, 0) is 14.9 Å². The lowest BCUT2D eigenvalue weighted by Gasteiger charge is -2.42. The number of rotatable bonds is 4. The van der Waals surface area contributed by atoms with Gasteiger partial charge in [-0.1, -0.05) is 32.9 Å². The van der Waals surface area contributed by atoms with Gasteiger partial charge in [0.05, 0.1) is 6.61 Å². The maximum atomic E-state index is 11.4. The van der Waals surface area contributed by atoms with Gasteiger partial charge in [-0.05, 0) is 23.1 Å². The number of hydrogen-bond acceptors (Lipinski definition) is 6. The summed E-state index contributed by atoms with van der Waals surface area (Å²) in [7, 11) is 0. The standard InChI is InChI=1S/C18H27NO6/c1-10(21)19-14-16(23)15(22)13(9-20)25-17(14)24-12-7-5-11(6-8-12)18(2,3)4/h5-8,13-17,20,22-23H,9H2,1-4H3,(H,19,21)/t13-,14+,15+,16-,17-/m1/s1. The van der Waals surface area contributed by atoms with Crippen LogP contribution in [0, 0.1) is 0 Å². The first-order chi connectivity index (χ1) is 11.6. The van der Waals surface area contributed by atoms with E-state index in [2.05, 4.69) is 26.1 Å². The maximum Gasteiger partial charge on any atom is 0.223 e. The van der Waals surface area contributed by atoms with Crippen molar-refractivity contribution >= 4 is 5.91 Å². The van der Waals surface area contributed by atoms with E-state index in [1.165, 1.54) is 6.92 Å². The number of hydrogen-bond donors (Lipinski definition) is 4. The van der Waals surface area contributed by atoms with Gasteiger partial charge in [-0.2, -0.15) is 0 Å². The van der Waals surface area contributed by atoms with Gasteiger partial charge in [0.2, 0.25) is 12.2 Å². The minimum absolute atomic E-state index is 0.000870. The molecule has 1 amide bonds. The van der Waals surface area contributed by atoms with Gasteiger partial charge in [0.15, 0.2) is 0 Å². The molecule has 0 bridgehead atoms. The summed E-state index contributed by atoms with van der Waals surface area (Å²) in [5.74, 6) is 0.104. The summed E-state index contributed by atoms with van der Waals surface area (Å²) in [6, 6.07) is 6.46. The fourth-order valence-electron chi connectivity index (χ4n) is 2.74. The van der Waals surface area contributed by atoms with Crippen LogP contribution in [0.3, 0.4) is 0 Å². The molecule has 1 heterocycles. The highest BCUT2D eigenvalue weighted by Gasteiger charge is 2.46. The molecule has 0 saturated carbocycles. The number of nitrogens with one attached hydrogen (secondary N) is 1. The van der Waals surface area contributed by atoms with E-state index >= 15 is 0 Å². The summed E-state index contributed by atoms with van der Waals surface area (Å²) < 4.78 is 11.3. The Bertz CT molecular complexity index is 582. The van der Waals surface area contributed by atoms with Crippen molar-refractivity contribution in [2.45, 2.75) is 63.8 Å². The van der Waals surface area contributed by atoms with E-state index in [4.69, 9.17) is 9.47 Å². The molecule has 0 radical (unpaired) electrons. The molecular weight excluding hydrogens is 326 g/mol. The molecule has 2 rings (SSSR count). The van der Waals surface area contributed by atoms with Crippen LogP contribution in [0.25, 0.3) is 0 Å². The molecule has 5 atom stereocenters. The second-order valence-electron chi connectivity index (χ2n) is 7.33. The van der Waals surface area contributed by atoms with Crippen molar-refractivity contribution in [1.29, 1.82) is 0 Å². The number of aliphatic hydroxyl groups is 3. The summed E-state index contributed by atoms with van der Waals surface area (Å²) >= 11 is 0. The molecule has 0 unspecified atom stereocenters. The third-order valence-corrected chi connectivity index (χ3v) is 4.22. The van der Waals surface area contributed by atoms with Gasteiger partial charge >= 0.3 is 0 Å². The summed E-state index contributed by atoms with van der Waals surface area (Å²) in [5.41, 5.74) is 1.13. The smallest absolute Gasteiger partial charge is 0.223 e. The van der Waals surface area contributed by atoms with E-state index in [0.717, 1.165) is 5.56 Å². The van der Waals surface area contributed by atoms with Gasteiger partial charge in [-0.25, -0.2) is 0 Å². The van der Waals surface area contributed by atoms with Crippen LogP contribution in [-0.4, -0.2) is 58.5 Å². The van der Waals surface area contributed by atoms with Gasteiger partial charge in [0.25, 0.3) is 0 Å². The number of carbonyl (C=O) groups is 1. The zero-order chi connectivity index (χ0) is 18.8. The molecule has 25 heavy (non-hydrogen) atoms. The lowest BCUT2D eigenvalue weighted by atomic mass is 9.87. The third-order valence-electron chi connectivity index (χ3n) is 4.22. The molecule has 1 aromatic rings. The highest BCUT2D eigenvalue weighted by Crippen LogP contribution is 2.27. The number of amides is 1.